The highest BCUT2D eigenvalue weighted by atomic mass is 35.5. The fraction of sp³-hybridized carbons (Fsp3) is 0. The highest BCUT2D eigenvalue weighted by Gasteiger charge is 2.17. The summed E-state index contributed by atoms with van der Waals surface area (Å²) >= 11 is 5.58. The smallest absolute Gasteiger partial charge is 0.355 e. The zero-order valence-corrected chi connectivity index (χ0v) is 10.9. The van der Waals surface area contributed by atoms with Crippen LogP contribution in [0, 0.1) is 5.82 Å². The molecule has 0 aliphatic carbocycles. The Morgan fingerprint density at radius 2 is 2.15 bits per heavy atom. The third kappa shape index (κ3) is 2.46. The van der Waals surface area contributed by atoms with E-state index >= 15 is 0 Å². The molecule has 0 radical (unpaired) electrons. The number of benzene rings is 1. The summed E-state index contributed by atoms with van der Waals surface area (Å²) in [5, 5.41) is 9.05. The minimum atomic E-state index is -1.27. The summed E-state index contributed by atoms with van der Waals surface area (Å²) in [4.78, 5) is 19.0. The van der Waals surface area contributed by atoms with Crippen LogP contribution in [0.4, 0.5) is 10.2 Å². The number of hydrogen-bond donors (Lipinski definition) is 2. The zero-order chi connectivity index (χ0) is 14.9. The van der Waals surface area contributed by atoms with Crippen LogP contribution < -0.4 is 5.73 Å². The first-order chi connectivity index (χ1) is 9.43. The first kappa shape index (κ1) is 14.0. The molecule has 2 rings (SSSR count). The minimum Gasteiger partial charge on any atom is -0.476 e. The van der Waals surface area contributed by atoms with Crippen LogP contribution in [-0.2, 0) is 0 Å². The number of hydrogen-bond acceptors (Lipinski definition) is 4. The molecule has 3 N–H and O–H groups in total. The Balaban J connectivity index is 2.66. The van der Waals surface area contributed by atoms with E-state index in [1.165, 1.54) is 18.2 Å². The first-order valence-corrected chi connectivity index (χ1v) is 5.80. The van der Waals surface area contributed by atoms with Gasteiger partial charge in [-0.25, -0.2) is 19.2 Å². The summed E-state index contributed by atoms with van der Waals surface area (Å²) in [6.45, 7) is 3.46. The quantitative estimate of drug-likeness (QED) is 0.908. The lowest BCUT2D eigenvalue weighted by molar-refractivity contribution is 0.0690. The molecule has 7 heteroatoms. The monoisotopic (exact) mass is 293 g/mol. The van der Waals surface area contributed by atoms with E-state index in [1.807, 2.05) is 0 Å². The van der Waals surface area contributed by atoms with E-state index < -0.39 is 11.8 Å². The molecule has 0 aliphatic heterocycles. The Labute approximate surface area is 118 Å². The standard InChI is InChI=1S/C13H9ClFN3O2/c1-2-7-10(13(19)20)17-12(18-11(7)16)6-3-4-8(14)9(15)5-6/h2-5H,1H2,(H,19,20)(H2,16,17,18). The van der Waals surface area contributed by atoms with Gasteiger partial charge in [-0.2, -0.15) is 0 Å². The van der Waals surface area contributed by atoms with Crippen LogP contribution in [0.15, 0.2) is 24.8 Å². The van der Waals surface area contributed by atoms with Gasteiger partial charge < -0.3 is 10.8 Å². The molecule has 0 amide bonds. The number of aromatic carboxylic acids is 1. The van der Waals surface area contributed by atoms with Gasteiger partial charge in [-0.05, 0) is 18.2 Å². The molecule has 2 aromatic rings. The van der Waals surface area contributed by atoms with Gasteiger partial charge in [-0.1, -0.05) is 24.3 Å². The van der Waals surface area contributed by atoms with E-state index in [0.717, 1.165) is 6.07 Å². The lowest BCUT2D eigenvalue weighted by Crippen LogP contribution is -2.10. The van der Waals surface area contributed by atoms with E-state index in [-0.39, 0.29) is 33.5 Å². The molecule has 102 valence electrons. The summed E-state index contributed by atoms with van der Waals surface area (Å²) in [5.74, 6) is -1.97. The van der Waals surface area contributed by atoms with Crippen molar-refractivity contribution in [1.82, 2.24) is 9.97 Å². The molecule has 0 unspecified atom stereocenters. The van der Waals surface area contributed by atoms with E-state index in [2.05, 4.69) is 16.5 Å². The summed E-state index contributed by atoms with van der Waals surface area (Å²) in [6, 6.07) is 3.91. The molecular formula is C13H9ClFN3O2. The van der Waals surface area contributed by atoms with Crippen molar-refractivity contribution in [3.8, 4) is 11.4 Å². The van der Waals surface area contributed by atoms with Gasteiger partial charge in [0.05, 0.1) is 5.02 Å². The number of aromatic nitrogens is 2. The fourth-order valence-corrected chi connectivity index (χ4v) is 1.73. The van der Waals surface area contributed by atoms with Crippen molar-refractivity contribution < 1.29 is 14.3 Å². The minimum absolute atomic E-state index is 0.000988. The molecule has 1 aromatic heterocycles. The largest absolute Gasteiger partial charge is 0.476 e. The molecule has 0 aliphatic rings. The predicted octanol–water partition coefficient (Wildman–Crippen LogP) is 2.86. The summed E-state index contributed by atoms with van der Waals surface area (Å²) in [5.41, 5.74) is 5.77. The zero-order valence-electron chi connectivity index (χ0n) is 10.1. The van der Waals surface area contributed by atoms with Gasteiger partial charge in [-0.15, -0.1) is 0 Å². The number of carbonyl (C=O) groups is 1. The van der Waals surface area contributed by atoms with Crippen LogP contribution in [0.5, 0.6) is 0 Å². The SMILES string of the molecule is C=Cc1c(N)nc(-c2ccc(Cl)c(F)c2)nc1C(=O)O. The van der Waals surface area contributed by atoms with Crippen LogP contribution in [0.25, 0.3) is 17.5 Å². The maximum atomic E-state index is 13.4. The number of nitrogens with zero attached hydrogens (tertiary/aromatic N) is 2. The Morgan fingerprint density at radius 1 is 1.45 bits per heavy atom. The highest BCUT2D eigenvalue weighted by molar-refractivity contribution is 6.30. The van der Waals surface area contributed by atoms with Gasteiger partial charge >= 0.3 is 5.97 Å². The molecule has 0 spiro atoms. The maximum Gasteiger partial charge on any atom is 0.355 e. The number of anilines is 1. The molecule has 0 fully saturated rings. The summed E-state index contributed by atoms with van der Waals surface area (Å²) in [7, 11) is 0. The van der Waals surface area contributed by atoms with Gasteiger partial charge in [-0.3, -0.25) is 0 Å². The average molecular weight is 294 g/mol. The molecule has 20 heavy (non-hydrogen) atoms. The van der Waals surface area contributed by atoms with Crippen molar-refractivity contribution in [2.24, 2.45) is 0 Å². The van der Waals surface area contributed by atoms with Crippen LogP contribution in [0.1, 0.15) is 16.1 Å². The second-order valence-electron chi connectivity index (χ2n) is 3.83. The third-order valence-corrected chi connectivity index (χ3v) is 2.87. The van der Waals surface area contributed by atoms with Gasteiger partial charge in [0.2, 0.25) is 0 Å². The van der Waals surface area contributed by atoms with Crippen LogP contribution in [0.3, 0.4) is 0 Å². The normalized spacial score (nSPS) is 10.3. The van der Waals surface area contributed by atoms with Crippen LogP contribution in [0.2, 0.25) is 5.02 Å². The van der Waals surface area contributed by atoms with E-state index in [1.54, 1.807) is 0 Å². The molecule has 0 saturated carbocycles. The highest BCUT2D eigenvalue weighted by Crippen LogP contribution is 2.25. The lowest BCUT2D eigenvalue weighted by atomic mass is 10.1. The number of nitrogens with two attached hydrogens (primary N) is 1. The topological polar surface area (TPSA) is 89.1 Å². The molecular weight excluding hydrogens is 285 g/mol. The maximum absolute atomic E-state index is 13.4. The summed E-state index contributed by atoms with van der Waals surface area (Å²) < 4.78 is 13.4. The fourth-order valence-electron chi connectivity index (χ4n) is 1.62. The predicted molar refractivity (Wildman–Crippen MR) is 73.9 cm³/mol. The Morgan fingerprint density at radius 3 is 2.70 bits per heavy atom. The third-order valence-electron chi connectivity index (χ3n) is 2.56. The Hall–Kier alpha value is -2.47. The van der Waals surface area contributed by atoms with Crippen molar-refractivity contribution >= 4 is 29.5 Å². The van der Waals surface area contributed by atoms with Crippen molar-refractivity contribution in [1.29, 1.82) is 0 Å². The van der Waals surface area contributed by atoms with Crippen molar-refractivity contribution in [2.75, 3.05) is 5.73 Å². The van der Waals surface area contributed by atoms with Gasteiger partial charge in [0.15, 0.2) is 11.5 Å². The molecule has 5 nitrogen and oxygen atoms in total. The van der Waals surface area contributed by atoms with Crippen molar-refractivity contribution in [2.45, 2.75) is 0 Å². The molecule has 0 atom stereocenters. The molecule has 0 saturated heterocycles. The average Bonchev–Trinajstić information content (AvgIpc) is 2.40. The van der Waals surface area contributed by atoms with Crippen molar-refractivity contribution in [3.05, 3.63) is 46.9 Å². The number of carboxylic acids is 1. The van der Waals surface area contributed by atoms with Gasteiger partial charge in [0, 0.05) is 11.1 Å². The van der Waals surface area contributed by atoms with Crippen LogP contribution >= 0.6 is 11.6 Å². The number of nitrogen functional groups attached to an aromatic ring is 1. The number of halogens is 2. The van der Waals surface area contributed by atoms with E-state index in [4.69, 9.17) is 22.4 Å². The first-order valence-electron chi connectivity index (χ1n) is 5.42. The molecule has 1 aromatic carbocycles. The van der Waals surface area contributed by atoms with Crippen molar-refractivity contribution in [3.63, 3.8) is 0 Å². The summed E-state index contributed by atoms with van der Waals surface area (Å²) in [6.07, 6.45) is 1.25. The van der Waals surface area contributed by atoms with E-state index in [9.17, 15) is 9.18 Å². The van der Waals surface area contributed by atoms with E-state index in [0.29, 0.717) is 0 Å². The molecule has 1 heterocycles. The number of carboxylic acid groups (broad SMARTS) is 1. The van der Waals surface area contributed by atoms with Crippen LogP contribution in [-0.4, -0.2) is 21.0 Å². The molecule has 0 bridgehead atoms. The number of rotatable bonds is 3. The Bertz CT molecular complexity index is 719. The van der Waals surface area contributed by atoms with Gasteiger partial charge in [0.25, 0.3) is 0 Å². The second-order valence-corrected chi connectivity index (χ2v) is 4.24. The Kier molecular flexibility index (Phi) is 3.67. The lowest BCUT2D eigenvalue weighted by Gasteiger charge is -2.08. The van der Waals surface area contributed by atoms with Gasteiger partial charge in [0.1, 0.15) is 11.6 Å². The second kappa shape index (κ2) is 5.26.